The molecule has 27 heavy (non-hydrogen) atoms. The molecule has 0 saturated heterocycles. The molecule has 0 atom stereocenters. The van der Waals surface area contributed by atoms with Crippen molar-refractivity contribution < 1.29 is 4.79 Å². The predicted octanol–water partition coefficient (Wildman–Crippen LogP) is 4.49. The standard InChI is InChI=1S/C21H20N4OS/c1-12-5-6-13(2)18(9-12)25-14(3)10-16(15(25)4)11-17-19(22)24-7-8-27-21(24)23-20(17)26/h5-11,22H,1-4H3/b17-11-,22-19?. The molecule has 1 aromatic carbocycles. The average Bonchev–Trinajstić information content (AvgIpc) is 3.19. The number of thioether (sulfide) groups is 1. The summed E-state index contributed by atoms with van der Waals surface area (Å²) in [5, 5.41) is 10.8. The van der Waals surface area contributed by atoms with Gasteiger partial charge in [-0.05, 0) is 68.0 Å². The Balaban J connectivity index is 1.82. The van der Waals surface area contributed by atoms with Crippen LogP contribution in [-0.4, -0.2) is 26.4 Å². The van der Waals surface area contributed by atoms with Crippen molar-refractivity contribution in [3.8, 4) is 5.69 Å². The van der Waals surface area contributed by atoms with E-state index in [0.29, 0.717) is 10.7 Å². The number of fused-ring (bicyclic) bond motifs is 1. The minimum atomic E-state index is -0.362. The number of aliphatic imine (C=N–C) groups is 1. The summed E-state index contributed by atoms with van der Waals surface area (Å²) in [6.07, 6.45) is 3.55. The van der Waals surface area contributed by atoms with E-state index in [1.54, 1.807) is 17.2 Å². The molecule has 0 spiro atoms. The van der Waals surface area contributed by atoms with E-state index in [0.717, 1.165) is 22.6 Å². The maximum Gasteiger partial charge on any atom is 0.283 e. The van der Waals surface area contributed by atoms with Crippen LogP contribution in [0.25, 0.3) is 11.8 Å². The number of hydrogen-bond acceptors (Lipinski definition) is 3. The van der Waals surface area contributed by atoms with Gasteiger partial charge >= 0.3 is 0 Å². The van der Waals surface area contributed by atoms with Crippen LogP contribution in [0.3, 0.4) is 0 Å². The molecular formula is C21H20N4OS. The summed E-state index contributed by atoms with van der Waals surface area (Å²) >= 11 is 1.35. The van der Waals surface area contributed by atoms with Crippen LogP contribution >= 0.6 is 11.8 Å². The Morgan fingerprint density at radius 1 is 1.15 bits per heavy atom. The number of hydrogen-bond donors (Lipinski definition) is 1. The summed E-state index contributed by atoms with van der Waals surface area (Å²) in [4.78, 5) is 18.2. The molecular weight excluding hydrogens is 356 g/mol. The molecule has 0 aliphatic carbocycles. The first-order valence-corrected chi connectivity index (χ1v) is 9.57. The maximum atomic E-state index is 12.5. The Labute approximate surface area is 162 Å². The van der Waals surface area contributed by atoms with Gasteiger partial charge in [-0.1, -0.05) is 23.9 Å². The van der Waals surface area contributed by atoms with Gasteiger partial charge < -0.3 is 4.57 Å². The molecule has 0 bridgehead atoms. The van der Waals surface area contributed by atoms with Gasteiger partial charge in [0.1, 0.15) is 5.84 Å². The number of benzene rings is 1. The highest BCUT2D eigenvalue weighted by atomic mass is 32.2. The molecule has 6 heteroatoms. The van der Waals surface area contributed by atoms with E-state index < -0.39 is 0 Å². The number of rotatable bonds is 2. The van der Waals surface area contributed by atoms with Crippen molar-refractivity contribution in [1.82, 2.24) is 9.47 Å². The maximum absolute atomic E-state index is 12.5. The second-order valence-corrected chi connectivity index (χ2v) is 7.70. The third kappa shape index (κ3) is 2.86. The molecule has 4 rings (SSSR count). The van der Waals surface area contributed by atoms with Gasteiger partial charge in [0.05, 0.1) is 5.57 Å². The first kappa shape index (κ1) is 17.5. The van der Waals surface area contributed by atoms with E-state index in [-0.39, 0.29) is 11.7 Å². The highest BCUT2D eigenvalue weighted by molar-refractivity contribution is 8.16. The molecule has 136 valence electrons. The van der Waals surface area contributed by atoms with E-state index in [9.17, 15) is 4.79 Å². The second-order valence-electron chi connectivity index (χ2n) is 6.83. The summed E-state index contributed by atoms with van der Waals surface area (Å²) < 4.78 is 2.20. The summed E-state index contributed by atoms with van der Waals surface area (Å²) in [7, 11) is 0. The summed E-state index contributed by atoms with van der Waals surface area (Å²) in [6, 6.07) is 8.45. The molecule has 5 nitrogen and oxygen atoms in total. The summed E-state index contributed by atoms with van der Waals surface area (Å²) in [5.41, 5.74) is 6.89. The van der Waals surface area contributed by atoms with E-state index in [2.05, 4.69) is 54.6 Å². The first-order valence-electron chi connectivity index (χ1n) is 8.69. The van der Waals surface area contributed by atoms with Crippen molar-refractivity contribution in [3.05, 3.63) is 69.5 Å². The Hall–Kier alpha value is -2.86. The normalized spacial score (nSPS) is 17.7. The molecule has 2 aliphatic heterocycles. The number of carbonyl (C=O) groups excluding carboxylic acids is 1. The van der Waals surface area contributed by atoms with Crippen molar-refractivity contribution in [2.75, 3.05) is 0 Å². The topological polar surface area (TPSA) is 61.5 Å². The molecule has 3 heterocycles. The lowest BCUT2D eigenvalue weighted by atomic mass is 10.1. The van der Waals surface area contributed by atoms with Crippen LogP contribution in [0.15, 0.2) is 46.4 Å². The largest absolute Gasteiger partial charge is 0.318 e. The molecule has 2 aromatic rings. The summed E-state index contributed by atoms with van der Waals surface area (Å²) in [5.74, 6) is -0.193. The molecule has 0 fully saturated rings. The van der Waals surface area contributed by atoms with Crippen molar-refractivity contribution in [2.24, 2.45) is 4.99 Å². The highest BCUT2D eigenvalue weighted by Crippen LogP contribution is 2.29. The number of aromatic nitrogens is 1. The van der Waals surface area contributed by atoms with Gasteiger partial charge in [0.2, 0.25) is 0 Å². The molecule has 1 N–H and O–H groups in total. The van der Waals surface area contributed by atoms with E-state index >= 15 is 0 Å². The van der Waals surface area contributed by atoms with Gasteiger partial charge in [-0.3, -0.25) is 15.1 Å². The molecule has 1 amide bonds. The van der Waals surface area contributed by atoms with Crippen LogP contribution in [0.4, 0.5) is 0 Å². The zero-order valence-corrected chi connectivity index (χ0v) is 16.5. The second kappa shape index (κ2) is 6.39. The monoisotopic (exact) mass is 376 g/mol. The van der Waals surface area contributed by atoms with Crippen LogP contribution < -0.4 is 0 Å². The van der Waals surface area contributed by atoms with Gasteiger partial charge in [0.15, 0.2) is 5.17 Å². The SMILES string of the molecule is Cc1ccc(C)c(-n2c(C)cc(/C=C3/C(=N)N4C=CSC4=NC3=O)c2C)c1. The zero-order chi connectivity index (χ0) is 19.3. The van der Waals surface area contributed by atoms with Gasteiger partial charge in [-0.15, -0.1) is 0 Å². The lowest BCUT2D eigenvalue weighted by Crippen LogP contribution is -2.35. The Bertz CT molecular complexity index is 1090. The third-order valence-corrected chi connectivity index (χ3v) is 5.65. The number of carbonyl (C=O) groups is 1. The Morgan fingerprint density at radius 3 is 2.70 bits per heavy atom. The lowest BCUT2D eigenvalue weighted by Gasteiger charge is -2.22. The number of amides is 1. The quantitative estimate of drug-likeness (QED) is 0.786. The van der Waals surface area contributed by atoms with Crippen molar-refractivity contribution in [3.63, 3.8) is 0 Å². The van der Waals surface area contributed by atoms with Gasteiger partial charge in [0, 0.05) is 23.3 Å². The predicted molar refractivity (Wildman–Crippen MR) is 111 cm³/mol. The van der Waals surface area contributed by atoms with Crippen molar-refractivity contribution in [2.45, 2.75) is 27.7 Å². The van der Waals surface area contributed by atoms with Crippen molar-refractivity contribution >= 4 is 34.7 Å². The van der Waals surface area contributed by atoms with Gasteiger partial charge in [0.25, 0.3) is 5.91 Å². The fraction of sp³-hybridized carbons (Fsp3) is 0.190. The van der Waals surface area contributed by atoms with Crippen LogP contribution in [0.1, 0.15) is 28.1 Å². The van der Waals surface area contributed by atoms with Crippen molar-refractivity contribution in [1.29, 1.82) is 5.41 Å². The minimum Gasteiger partial charge on any atom is -0.318 e. The van der Waals surface area contributed by atoms with E-state index in [1.807, 2.05) is 12.3 Å². The number of amidine groups is 2. The fourth-order valence-electron chi connectivity index (χ4n) is 3.45. The van der Waals surface area contributed by atoms with E-state index in [4.69, 9.17) is 5.41 Å². The van der Waals surface area contributed by atoms with Crippen LogP contribution in [0.5, 0.6) is 0 Å². The first-order chi connectivity index (χ1) is 12.9. The fourth-order valence-corrected chi connectivity index (χ4v) is 4.16. The van der Waals surface area contributed by atoms with Gasteiger partial charge in [-0.2, -0.15) is 4.99 Å². The highest BCUT2D eigenvalue weighted by Gasteiger charge is 2.31. The average molecular weight is 376 g/mol. The molecule has 0 unspecified atom stereocenters. The zero-order valence-electron chi connectivity index (χ0n) is 15.7. The smallest absolute Gasteiger partial charge is 0.283 e. The van der Waals surface area contributed by atoms with Gasteiger partial charge in [-0.25, -0.2) is 0 Å². The molecule has 1 aromatic heterocycles. The Morgan fingerprint density at radius 2 is 1.93 bits per heavy atom. The minimum absolute atomic E-state index is 0.169. The van der Waals surface area contributed by atoms with Crippen LogP contribution in [0, 0.1) is 33.1 Å². The number of nitrogens with zero attached hydrogens (tertiary/aromatic N) is 3. The number of aryl methyl sites for hydroxylation is 3. The lowest BCUT2D eigenvalue weighted by molar-refractivity contribution is -0.114. The number of nitrogens with one attached hydrogen (secondary N) is 1. The third-order valence-electron chi connectivity index (χ3n) is 4.89. The van der Waals surface area contributed by atoms with E-state index in [1.165, 1.54) is 22.9 Å². The Kier molecular flexibility index (Phi) is 4.15. The molecule has 0 radical (unpaired) electrons. The molecule has 2 aliphatic rings. The summed E-state index contributed by atoms with van der Waals surface area (Å²) in [6.45, 7) is 8.28. The molecule has 0 saturated carbocycles. The van der Waals surface area contributed by atoms with Crippen LogP contribution in [-0.2, 0) is 4.79 Å². The van der Waals surface area contributed by atoms with Crippen LogP contribution in [0.2, 0.25) is 0 Å².